The topological polar surface area (TPSA) is 76.1 Å². The molecule has 0 bridgehead atoms. The smallest absolute Gasteiger partial charge is 0.295 e. The predicted octanol–water partition coefficient (Wildman–Crippen LogP) is 6.25. The number of hydrogen-bond donors (Lipinski definition) is 1. The van der Waals surface area contributed by atoms with Gasteiger partial charge in [0.2, 0.25) is 0 Å². The molecule has 1 N–H and O–H groups in total. The highest BCUT2D eigenvalue weighted by molar-refractivity contribution is 6.46. The van der Waals surface area contributed by atoms with Crippen LogP contribution in [0.15, 0.2) is 109 Å². The van der Waals surface area contributed by atoms with E-state index < -0.39 is 17.7 Å². The summed E-state index contributed by atoms with van der Waals surface area (Å²) in [4.78, 5) is 28.6. The summed E-state index contributed by atoms with van der Waals surface area (Å²) in [5.74, 6) is -0.114. The Kier molecular flexibility index (Phi) is 7.30. The summed E-state index contributed by atoms with van der Waals surface area (Å²) in [5, 5.41) is 11.6. The maximum Gasteiger partial charge on any atom is 0.295 e. The Hall–Kier alpha value is -4.84. The lowest BCUT2D eigenvalue weighted by Crippen LogP contribution is -2.31. The molecular weight excluding hydrogens is 514 g/mol. The Morgan fingerprint density at radius 1 is 0.902 bits per heavy atom. The summed E-state index contributed by atoms with van der Waals surface area (Å²) in [6.07, 6.45) is 1.33. The number of aliphatic hydroxyl groups is 1. The van der Waals surface area contributed by atoms with Crippen LogP contribution >= 0.6 is 0 Å². The minimum atomic E-state index is -0.762. The van der Waals surface area contributed by atoms with Gasteiger partial charge in [0.05, 0.1) is 11.6 Å². The van der Waals surface area contributed by atoms with Gasteiger partial charge in [0.25, 0.3) is 11.7 Å². The van der Waals surface area contributed by atoms with Gasteiger partial charge in [0, 0.05) is 18.5 Å². The van der Waals surface area contributed by atoms with Crippen LogP contribution in [0.1, 0.15) is 40.8 Å². The van der Waals surface area contributed by atoms with Crippen molar-refractivity contribution in [2.75, 3.05) is 6.54 Å². The van der Waals surface area contributed by atoms with Crippen molar-refractivity contribution in [3.8, 4) is 11.5 Å². The van der Waals surface area contributed by atoms with Crippen molar-refractivity contribution in [3.63, 3.8) is 0 Å². The van der Waals surface area contributed by atoms with Crippen LogP contribution in [0.5, 0.6) is 11.5 Å². The van der Waals surface area contributed by atoms with Crippen LogP contribution in [0.25, 0.3) is 5.76 Å². The van der Waals surface area contributed by atoms with Crippen molar-refractivity contribution < 1.29 is 24.2 Å². The van der Waals surface area contributed by atoms with E-state index in [9.17, 15) is 14.7 Å². The number of likely N-dealkylation sites (tertiary alicyclic amines) is 1. The van der Waals surface area contributed by atoms with Crippen molar-refractivity contribution in [2.45, 2.75) is 38.5 Å². The Morgan fingerprint density at radius 3 is 2.39 bits per heavy atom. The minimum Gasteiger partial charge on any atom is -0.507 e. The van der Waals surface area contributed by atoms with Gasteiger partial charge in [-0.05, 0) is 65.9 Å². The molecule has 0 aromatic heterocycles. The van der Waals surface area contributed by atoms with E-state index in [1.807, 2.05) is 104 Å². The SMILES string of the molecule is C[C@@H]1Cc2cc(C(O)=C3C(=O)C(=O)N(CCc4ccccc4)[C@H]3c3cccc(OCc4ccccc4)c3)ccc2O1. The standard InChI is InChI=1S/C35H31NO5/c1-23-19-28-20-27(15-16-30(28)41-23)33(37)31-32(36(35(39)34(31)38)18-17-24-9-4-2-5-10-24)26-13-8-14-29(21-26)40-22-25-11-6-3-7-12-25/h2-16,20-21,23,32,37H,17-19,22H2,1H3/t23-,32+/m1/s1. The zero-order valence-corrected chi connectivity index (χ0v) is 22.8. The van der Waals surface area contributed by atoms with Crippen LogP contribution in [0.4, 0.5) is 0 Å². The van der Waals surface area contributed by atoms with E-state index in [1.54, 1.807) is 11.0 Å². The first-order chi connectivity index (χ1) is 20.0. The maximum absolute atomic E-state index is 13.5. The molecule has 41 heavy (non-hydrogen) atoms. The van der Waals surface area contributed by atoms with E-state index in [2.05, 4.69) is 0 Å². The van der Waals surface area contributed by atoms with Crippen molar-refractivity contribution in [1.82, 2.24) is 4.90 Å². The second-order valence-electron chi connectivity index (χ2n) is 10.5. The van der Waals surface area contributed by atoms with Crippen molar-refractivity contribution in [3.05, 3.63) is 137 Å². The van der Waals surface area contributed by atoms with E-state index in [-0.39, 0.29) is 17.4 Å². The Bertz CT molecular complexity index is 1610. The largest absolute Gasteiger partial charge is 0.507 e. The Labute approximate surface area is 239 Å². The summed E-state index contributed by atoms with van der Waals surface area (Å²) in [5.41, 5.74) is 4.32. The number of carbonyl (C=O) groups is 2. The number of ketones is 1. The van der Waals surface area contributed by atoms with Gasteiger partial charge in [-0.25, -0.2) is 0 Å². The number of benzene rings is 4. The lowest BCUT2D eigenvalue weighted by molar-refractivity contribution is -0.139. The number of hydrogen-bond acceptors (Lipinski definition) is 5. The molecule has 2 aliphatic rings. The number of nitrogens with zero attached hydrogens (tertiary/aromatic N) is 1. The zero-order chi connectivity index (χ0) is 28.3. The molecule has 206 valence electrons. The van der Waals surface area contributed by atoms with Crippen LogP contribution in [-0.4, -0.2) is 34.3 Å². The number of carbonyl (C=O) groups excluding carboxylic acids is 2. The number of amides is 1. The first kappa shape index (κ1) is 26.4. The monoisotopic (exact) mass is 545 g/mol. The van der Waals surface area contributed by atoms with E-state index in [1.165, 1.54) is 0 Å². The third-order valence-corrected chi connectivity index (χ3v) is 7.62. The zero-order valence-electron chi connectivity index (χ0n) is 22.8. The molecule has 0 saturated carbocycles. The molecular formula is C35H31NO5. The third-order valence-electron chi connectivity index (χ3n) is 7.62. The summed E-state index contributed by atoms with van der Waals surface area (Å²) in [6, 6.07) is 31.7. The molecule has 0 unspecified atom stereocenters. The highest BCUT2D eigenvalue weighted by atomic mass is 16.5. The van der Waals surface area contributed by atoms with E-state index in [0.29, 0.717) is 42.9 Å². The molecule has 2 atom stereocenters. The average molecular weight is 546 g/mol. The fourth-order valence-corrected chi connectivity index (χ4v) is 5.59. The number of Topliss-reactive ketones (excluding diaryl/α,β-unsaturated/α-hetero) is 1. The molecule has 6 nitrogen and oxygen atoms in total. The highest BCUT2D eigenvalue weighted by Gasteiger charge is 2.46. The summed E-state index contributed by atoms with van der Waals surface area (Å²) >= 11 is 0. The average Bonchev–Trinajstić information content (AvgIpc) is 3.50. The van der Waals surface area contributed by atoms with Gasteiger partial charge in [-0.3, -0.25) is 9.59 Å². The Balaban J connectivity index is 1.38. The van der Waals surface area contributed by atoms with Crippen LogP contribution in [0.2, 0.25) is 0 Å². The molecule has 1 amide bonds. The van der Waals surface area contributed by atoms with Gasteiger partial charge in [-0.15, -0.1) is 0 Å². The van der Waals surface area contributed by atoms with Gasteiger partial charge in [-0.2, -0.15) is 0 Å². The summed E-state index contributed by atoms with van der Waals surface area (Å²) in [7, 11) is 0. The molecule has 1 saturated heterocycles. The van der Waals surface area contributed by atoms with Crippen LogP contribution in [0.3, 0.4) is 0 Å². The number of ether oxygens (including phenoxy) is 2. The lowest BCUT2D eigenvalue weighted by Gasteiger charge is -2.26. The molecule has 2 aliphatic heterocycles. The van der Waals surface area contributed by atoms with Crippen molar-refractivity contribution in [2.24, 2.45) is 0 Å². The molecule has 6 heteroatoms. The summed E-state index contributed by atoms with van der Waals surface area (Å²) < 4.78 is 11.9. The van der Waals surface area contributed by atoms with Gasteiger partial charge < -0.3 is 19.5 Å². The molecule has 4 aromatic rings. The van der Waals surface area contributed by atoms with Gasteiger partial charge in [0.15, 0.2) is 0 Å². The van der Waals surface area contributed by atoms with Gasteiger partial charge in [-0.1, -0.05) is 72.8 Å². The van der Waals surface area contributed by atoms with Gasteiger partial charge >= 0.3 is 0 Å². The molecule has 0 aliphatic carbocycles. The van der Waals surface area contributed by atoms with E-state index >= 15 is 0 Å². The quantitative estimate of drug-likeness (QED) is 0.161. The van der Waals surface area contributed by atoms with Crippen molar-refractivity contribution >= 4 is 17.4 Å². The number of fused-ring (bicyclic) bond motifs is 1. The number of aliphatic hydroxyl groups excluding tert-OH is 1. The molecule has 0 radical (unpaired) electrons. The maximum atomic E-state index is 13.5. The lowest BCUT2D eigenvalue weighted by atomic mass is 9.94. The van der Waals surface area contributed by atoms with Crippen LogP contribution < -0.4 is 9.47 Å². The molecule has 2 heterocycles. The fourth-order valence-electron chi connectivity index (χ4n) is 5.59. The molecule has 6 rings (SSSR count). The third kappa shape index (κ3) is 5.46. The van der Waals surface area contributed by atoms with Crippen LogP contribution in [-0.2, 0) is 29.0 Å². The van der Waals surface area contributed by atoms with Gasteiger partial charge in [0.1, 0.15) is 30.0 Å². The molecule has 1 fully saturated rings. The van der Waals surface area contributed by atoms with Crippen LogP contribution in [0, 0.1) is 0 Å². The summed E-state index contributed by atoms with van der Waals surface area (Å²) in [6.45, 7) is 2.69. The highest BCUT2D eigenvalue weighted by Crippen LogP contribution is 2.41. The second-order valence-corrected chi connectivity index (χ2v) is 10.5. The van der Waals surface area contributed by atoms with E-state index in [0.717, 1.165) is 22.4 Å². The normalized spacial score (nSPS) is 19.2. The van der Waals surface area contributed by atoms with E-state index in [4.69, 9.17) is 9.47 Å². The molecule has 4 aromatic carbocycles. The van der Waals surface area contributed by atoms with Crippen molar-refractivity contribution in [1.29, 1.82) is 0 Å². The fraction of sp³-hybridized carbons (Fsp3) is 0.200. The first-order valence-electron chi connectivity index (χ1n) is 13.9. The first-order valence-corrected chi connectivity index (χ1v) is 13.9. The molecule has 0 spiro atoms. The minimum absolute atomic E-state index is 0.0459. The predicted molar refractivity (Wildman–Crippen MR) is 157 cm³/mol. The second kappa shape index (κ2) is 11.3. The Morgan fingerprint density at radius 2 is 1.63 bits per heavy atom. The number of rotatable bonds is 8.